The van der Waals surface area contributed by atoms with E-state index >= 15 is 0 Å². The van der Waals surface area contributed by atoms with Crippen molar-refractivity contribution in [1.82, 2.24) is 0 Å². The van der Waals surface area contributed by atoms with Gasteiger partial charge in [0, 0.05) is 16.3 Å². The van der Waals surface area contributed by atoms with Crippen molar-refractivity contribution in [2.45, 2.75) is 13.8 Å². The highest BCUT2D eigenvalue weighted by Crippen LogP contribution is 2.29. The molecule has 0 atom stereocenters. The third-order valence-electron chi connectivity index (χ3n) is 3.66. The summed E-state index contributed by atoms with van der Waals surface area (Å²) in [6, 6.07) is 15.7. The molecule has 0 saturated heterocycles. The normalized spacial score (nSPS) is 10.6. The number of aryl methyl sites for hydroxylation is 2. The van der Waals surface area contributed by atoms with Gasteiger partial charge in [-0.05, 0) is 48.6 Å². The van der Waals surface area contributed by atoms with Gasteiger partial charge in [0.2, 0.25) is 0 Å². The van der Waals surface area contributed by atoms with Crippen molar-refractivity contribution in [3.05, 3.63) is 74.9 Å². The van der Waals surface area contributed by atoms with E-state index in [9.17, 15) is 4.79 Å². The van der Waals surface area contributed by atoms with Crippen LogP contribution in [0.5, 0.6) is 0 Å². The number of carbonyl (C=O) groups excluding carboxylic acids is 1. The molecule has 0 spiro atoms. The molecule has 4 heteroatoms. The Balaban J connectivity index is 1.87. The highest BCUT2D eigenvalue weighted by molar-refractivity contribution is 7.12. The molecule has 0 aliphatic rings. The zero-order valence-corrected chi connectivity index (χ0v) is 14.5. The van der Waals surface area contributed by atoms with Gasteiger partial charge in [0.25, 0.3) is 5.91 Å². The first-order valence-corrected chi connectivity index (χ1v) is 8.52. The van der Waals surface area contributed by atoms with Gasteiger partial charge in [-0.15, -0.1) is 11.3 Å². The third-order valence-corrected chi connectivity index (χ3v) is 4.98. The second kappa shape index (κ2) is 6.57. The Labute approximate surface area is 144 Å². The minimum atomic E-state index is -0.115. The monoisotopic (exact) mass is 341 g/mol. The molecular weight excluding hydrogens is 326 g/mol. The van der Waals surface area contributed by atoms with Gasteiger partial charge in [-0.1, -0.05) is 47.5 Å². The van der Waals surface area contributed by atoms with Crippen LogP contribution in [-0.2, 0) is 0 Å². The molecular formula is C19H16ClNOS. The van der Waals surface area contributed by atoms with E-state index < -0.39 is 0 Å². The number of benzene rings is 2. The van der Waals surface area contributed by atoms with Crippen molar-refractivity contribution < 1.29 is 4.79 Å². The summed E-state index contributed by atoms with van der Waals surface area (Å²) in [5.74, 6) is -0.115. The van der Waals surface area contributed by atoms with Gasteiger partial charge in [0.05, 0.1) is 4.88 Å². The lowest BCUT2D eigenvalue weighted by molar-refractivity contribution is 0.103. The maximum Gasteiger partial charge on any atom is 0.266 e. The van der Waals surface area contributed by atoms with Crippen LogP contribution in [0.3, 0.4) is 0 Å². The highest BCUT2D eigenvalue weighted by atomic mass is 35.5. The third kappa shape index (κ3) is 3.46. The fourth-order valence-corrected chi connectivity index (χ4v) is 3.30. The Morgan fingerprint density at radius 2 is 1.78 bits per heavy atom. The molecule has 2 nitrogen and oxygen atoms in total. The molecule has 0 unspecified atom stereocenters. The summed E-state index contributed by atoms with van der Waals surface area (Å²) in [6.45, 7) is 3.98. The van der Waals surface area contributed by atoms with E-state index in [0.717, 1.165) is 16.7 Å². The number of anilines is 1. The molecule has 2 aromatic carbocycles. The number of carbonyl (C=O) groups is 1. The largest absolute Gasteiger partial charge is 0.321 e. The molecule has 0 aliphatic heterocycles. The first kappa shape index (κ1) is 15.8. The summed E-state index contributed by atoms with van der Waals surface area (Å²) in [5, 5.41) is 5.50. The van der Waals surface area contributed by atoms with E-state index in [1.54, 1.807) is 6.07 Å². The summed E-state index contributed by atoms with van der Waals surface area (Å²) in [7, 11) is 0. The van der Waals surface area contributed by atoms with Crippen LogP contribution < -0.4 is 5.32 Å². The molecule has 3 rings (SSSR count). The molecule has 0 saturated carbocycles. The Morgan fingerprint density at radius 3 is 2.48 bits per heavy atom. The Morgan fingerprint density at radius 1 is 1.04 bits per heavy atom. The van der Waals surface area contributed by atoms with Crippen molar-refractivity contribution in [3.63, 3.8) is 0 Å². The second-order valence-electron chi connectivity index (χ2n) is 5.45. The van der Waals surface area contributed by atoms with Crippen LogP contribution in [0.1, 0.15) is 20.8 Å². The van der Waals surface area contributed by atoms with Crippen molar-refractivity contribution in [2.75, 3.05) is 5.32 Å². The molecule has 0 aliphatic carbocycles. The fourth-order valence-electron chi connectivity index (χ4n) is 2.30. The lowest BCUT2D eigenvalue weighted by atomic mass is 10.0. The van der Waals surface area contributed by atoms with Gasteiger partial charge in [0.1, 0.15) is 0 Å². The smallest absolute Gasteiger partial charge is 0.266 e. The number of amides is 1. The lowest BCUT2D eigenvalue weighted by Crippen LogP contribution is -2.11. The Hall–Kier alpha value is -2.10. The first-order chi connectivity index (χ1) is 11.0. The maximum atomic E-state index is 12.6. The van der Waals surface area contributed by atoms with Crippen LogP contribution in [0.4, 0.5) is 5.69 Å². The average molecular weight is 342 g/mol. The summed E-state index contributed by atoms with van der Waals surface area (Å²) < 4.78 is 0. The number of halogens is 1. The van der Waals surface area contributed by atoms with Crippen LogP contribution in [0.25, 0.3) is 11.1 Å². The van der Waals surface area contributed by atoms with Crippen LogP contribution in [-0.4, -0.2) is 5.91 Å². The Kier molecular flexibility index (Phi) is 4.51. The van der Waals surface area contributed by atoms with Crippen molar-refractivity contribution in [3.8, 4) is 11.1 Å². The van der Waals surface area contributed by atoms with E-state index in [1.165, 1.54) is 16.9 Å². The molecule has 116 valence electrons. The fraction of sp³-hybridized carbons (Fsp3) is 0.105. The summed E-state index contributed by atoms with van der Waals surface area (Å²) >= 11 is 7.55. The zero-order chi connectivity index (χ0) is 16.4. The van der Waals surface area contributed by atoms with Gasteiger partial charge in [-0.2, -0.15) is 0 Å². The number of rotatable bonds is 3. The summed E-state index contributed by atoms with van der Waals surface area (Å²) in [4.78, 5) is 13.3. The molecule has 23 heavy (non-hydrogen) atoms. The summed E-state index contributed by atoms with van der Waals surface area (Å²) in [6.07, 6.45) is 0. The second-order valence-corrected chi connectivity index (χ2v) is 6.77. The summed E-state index contributed by atoms with van der Waals surface area (Å²) in [5.41, 5.74) is 4.88. The van der Waals surface area contributed by atoms with Gasteiger partial charge in [-0.3, -0.25) is 4.79 Å². The molecule has 1 N–H and O–H groups in total. The van der Waals surface area contributed by atoms with Gasteiger partial charge >= 0.3 is 0 Å². The molecule has 1 heterocycles. The quantitative estimate of drug-likeness (QED) is 0.627. The number of hydrogen-bond donors (Lipinski definition) is 1. The van der Waals surface area contributed by atoms with E-state index in [1.807, 2.05) is 49.6 Å². The van der Waals surface area contributed by atoms with E-state index in [0.29, 0.717) is 15.6 Å². The molecule has 1 aromatic heterocycles. The predicted octanol–water partition coefficient (Wildman–Crippen LogP) is 5.94. The number of hydrogen-bond acceptors (Lipinski definition) is 2. The number of nitrogens with one attached hydrogen (secondary N) is 1. The van der Waals surface area contributed by atoms with Crippen molar-refractivity contribution in [2.24, 2.45) is 0 Å². The van der Waals surface area contributed by atoms with E-state index in [2.05, 4.69) is 17.4 Å². The molecule has 0 fully saturated rings. The highest BCUT2D eigenvalue weighted by Gasteiger charge is 2.15. The van der Waals surface area contributed by atoms with Crippen LogP contribution >= 0.6 is 22.9 Å². The van der Waals surface area contributed by atoms with Gasteiger partial charge in [0.15, 0.2) is 0 Å². The van der Waals surface area contributed by atoms with Crippen molar-refractivity contribution in [1.29, 1.82) is 0 Å². The molecule has 3 aromatic rings. The first-order valence-electron chi connectivity index (χ1n) is 7.26. The number of thiophene rings is 1. The zero-order valence-electron chi connectivity index (χ0n) is 12.9. The minimum absolute atomic E-state index is 0.115. The van der Waals surface area contributed by atoms with E-state index in [-0.39, 0.29) is 5.91 Å². The lowest BCUT2D eigenvalue weighted by Gasteiger charge is -2.08. The Bertz CT molecular complexity index is 852. The molecule has 1 amide bonds. The van der Waals surface area contributed by atoms with Crippen LogP contribution in [0.2, 0.25) is 5.02 Å². The van der Waals surface area contributed by atoms with Gasteiger partial charge < -0.3 is 5.32 Å². The molecule has 0 bridgehead atoms. The standard InChI is InChI=1S/C19H16ClNOS/c1-12-3-6-14(7-4-12)16-9-10-23-18(16)19(22)21-15-8-5-13(2)17(20)11-15/h3-11H,1-2H3,(H,21,22). The molecule has 0 radical (unpaired) electrons. The predicted molar refractivity (Wildman–Crippen MR) is 98.6 cm³/mol. The maximum absolute atomic E-state index is 12.6. The van der Waals surface area contributed by atoms with Gasteiger partial charge in [-0.25, -0.2) is 0 Å². The van der Waals surface area contributed by atoms with Crippen LogP contribution in [0, 0.1) is 13.8 Å². The SMILES string of the molecule is Cc1ccc(-c2ccsc2C(=O)Nc2ccc(C)c(Cl)c2)cc1. The average Bonchev–Trinajstić information content (AvgIpc) is 3.01. The van der Waals surface area contributed by atoms with E-state index in [4.69, 9.17) is 11.6 Å². The topological polar surface area (TPSA) is 29.1 Å². The van der Waals surface area contributed by atoms with Crippen molar-refractivity contribution >= 4 is 34.5 Å². The minimum Gasteiger partial charge on any atom is -0.321 e. The van der Waals surface area contributed by atoms with Crippen LogP contribution in [0.15, 0.2) is 53.9 Å².